The van der Waals surface area contributed by atoms with Crippen LogP contribution in [0.25, 0.3) is 0 Å². The molecule has 0 aromatic heterocycles. The molecule has 6 nitrogen and oxygen atoms in total. The van der Waals surface area contributed by atoms with E-state index >= 15 is 0 Å². The van der Waals surface area contributed by atoms with Crippen molar-refractivity contribution in [1.29, 1.82) is 0 Å². The molecule has 4 N–H and O–H groups in total. The van der Waals surface area contributed by atoms with Crippen LogP contribution in [0.3, 0.4) is 0 Å². The molecule has 2 saturated carbocycles. The van der Waals surface area contributed by atoms with Crippen LogP contribution < -0.4 is 0 Å². The highest BCUT2D eigenvalue weighted by atomic mass is 16.5. The Morgan fingerprint density at radius 3 is 2.29 bits per heavy atom. The van der Waals surface area contributed by atoms with Gasteiger partial charge in [-0.1, -0.05) is 20.8 Å². The smallest absolute Gasteiger partial charge is 0.338 e. The standard InChI is InChI=1S/C22H32O6/c1-13(2)22(27)10-9-20(3)12-17(24)21(4,26)11-16(18(20)22)28-19(25)14-5-7-15(23)8-6-14/h5-8,13,16-18,23-24,26-27H,9-12H2,1-4H3/t16-,17-,18+,20-,21+,22-/m0/s1. The van der Waals surface area contributed by atoms with Gasteiger partial charge in [0.15, 0.2) is 0 Å². The predicted molar refractivity (Wildman–Crippen MR) is 104 cm³/mol. The number of rotatable bonds is 3. The third kappa shape index (κ3) is 3.53. The van der Waals surface area contributed by atoms with Crippen molar-refractivity contribution in [1.82, 2.24) is 0 Å². The second-order valence-electron chi connectivity index (χ2n) is 9.55. The number of benzene rings is 1. The molecule has 6 heteroatoms. The van der Waals surface area contributed by atoms with Gasteiger partial charge in [-0.15, -0.1) is 0 Å². The zero-order chi connectivity index (χ0) is 20.9. The van der Waals surface area contributed by atoms with Crippen molar-refractivity contribution in [3.8, 4) is 5.75 Å². The number of hydrogen-bond acceptors (Lipinski definition) is 6. The van der Waals surface area contributed by atoms with Crippen LogP contribution in [0.15, 0.2) is 24.3 Å². The number of aromatic hydroxyl groups is 1. The normalized spacial score (nSPS) is 40.8. The summed E-state index contributed by atoms with van der Waals surface area (Å²) >= 11 is 0. The molecule has 0 radical (unpaired) electrons. The second-order valence-corrected chi connectivity index (χ2v) is 9.55. The highest BCUT2D eigenvalue weighted by molar-refractivity contribution is 5.89. The highest BCUT2D eigenvalue weighted by Gasteiger charge is 2.62. The topological polar surface area (TPSA) is 107 Å². The lowest BCUT2D eigenvalue weighted by Gasteiger charge is -2.43. The quantitative estimate of drug-likeness (QED) is 0.589. The van der Waals surface area contributed by atoms with E-state index in [4.69, 9.17) is 4.74 Å². The summed E-state index contributed by atoms with van der Waals surface area (Å²) in [7, 11) is 0. The predicted octanol–water partition coefficient (Wildman–Crippen LogP) is 2.63. The fourth-order valence-corrected chi connectivity index (χ4v) is 5.28. The Bertz CT molecular complexity index is 727. The molecule has 0 aliphatic heterocycles. The second kappa shape index (κ2) is 7.01. The molecule has 0 unspecified atom stereocenters. The van der Waals surface area contributed by atoms with Crippen LogP contribution in [-0.4, -0.2) is 49.8 Å². The Kier molecular flexibility index (Phi) is 5.28. The van der Waals surface area contributed by atoms with E-state index in [-0.39, 0.29) is 23.7 Å². The van der Waals surface area contributed by atoms with Crippen molar-refractivity contribution in [3.63, 3.8) is 0 Å². The fraction of sp³-hybridized carbons (Fsp3) is 0.682. The highest BCUT2D eigenvalue weighted by Crippen LogP contribution is 2.59. The van der Waals surface area contributed by atoms with Crippen molar-refractivity contribution < 1.29 is 30.0 Å². The summed E-state index contributed by atoms with van der Waals surface area (Å²) in [6, 6.07) is 5.77. The van der Waals surface area contributed by atoms with Gasteiger partial charge in [-0.3, -0.25) is 0 Å². The van der Waals surface area contributed by atoms with Gasteiger partial charge in [0.2, 0.25) is 0 Å². The first kappa shape index (κ1) is 21.1. The number of aliphatic hydroxyl groups excluding tert-OH is 1. The van der Waals surface area contributed by atoms with E-state index in [1.807, 2.05) is 20.8 Å². The molecular formula is C22H32O6. The lowest BCUT2D eigenvalue weighted by atomic mass is 9.67. The average Bonchev–Trinajstić information content (AvgIpc) is 2.82. The van der Waals surface area contributed by atoms with Gasteiger partial charge in [0.05, 0.1) is 22.9 Å². The van der Waals surface area contributed by atoms with Gasteiger partial charge in [-0.25, -0.2) is 4.79 Å². The minimum Gasteiger partial charge on any atom is -0.508 e. The Balaban J connectivity index is 1.99. The van der Waals surface area contributed by atoms with Gasteiger partial charge in [-0.2, -0.15) is 0 Å². The van der Waals surface area contributed by atoms with E-state index < -0.39 is 40.7 Å². The maximum atomic E-state index is 12.8. The molecule has 2 fully saturated rings. The number of hydrogen-bond donors (Lipinski definition) is 4. The van der Waals surface area contributed by atoms with E-state index in [0.717, 1.165) is 0 Å². The van der Waals surface area contributed by atoms with Crippen molar-refractivity contribution in [3.05, 3.63) is 29.8 Å². The number of ether oxygens (including phenoxy) is 1. The minimum absolute atomic E-state index is 0.0489. The molecule has 3 rings (SSSR count). The molecule has 0 bridgehead atoms. The van der Waals surface area contributed by atoms with Crippen molar-refractivity contribution in [2.24, 2.45) is 17.3 Å². The summed E-state index contributed by atoms with van der Waals surface area (Å²) in [6.45, 7) is 7.45. The number of aliphatic hydroxyl groups is 3. The molecule has 28 heavy (non-hydrogen) atoms. The first-order valence-corrected chi connectivity index (χ1v) is 10.0. The minimum atomic E-state index is -1.43. The van der Waals surface area contributed by atoms with E-state index in [2.05, 4.69) is 0 Å². The SMILES string of the molecule is CC(C)[C@@]1(O)CC[C@@]2(C)C[C@H](O)[C@](C)(O)C[C@H](OC(=O)c3ccc(O)cc3)[C@H]21. The number of carbonyl (C=O) groups is 1. The first-order valence-electron chi connectivity index (χ1n) is 10.0. The van der Waals surface area contributed by atoms with Crippen molar-refractivity contribution in [2.75, 3.05) is 0 Å². The molecule has 156 valence electrons. The van der Waals surface area contributed by atoms with E-state index in [1.165, 1.54) is 24.3 Å². The maximum Gasteiger partial charge on any atom is 0.338 e. The van der Waals surface area contributed by atoms with Crippen LogP contribution in [0.4, 0.5) is 0 Å². The number of phenolic OH excluding ortho intramolecular Hbond substituents is 1. The number of carbonyl (C=O) groups excluding carboxylic acids is 1. The van der Waals surface area contributed by atoms with Crippen LogP contribution in [0.2, 0.25) is 0 Å². The third-order valence-corrected chi connectivity index (χ3v) is 7.11. The molecule has 2 aliphatic carbocycles. The zero-order valence-corrected chi connectivity index (χ0v) is 17.1. The van der Waals surface area contributed by atoms with Crippen LogP contribution in [0.1, 0.15) is 63.7 Å². The molecular weight excluding hydrogens is 360 g/mol. The molecule has 0 heterocycles. The van der Waals surface area contributed by atoms with Crippen LogP contribution in [-0.2, 0) is 4.74 Å². The Morgan fingerprint density at radius 1 is 1.11 bits per heavy atom. The largest absolute Gasteiger partial charge is 0.508 e. The molecule has 1 aromatic carbocycles. The summed E-state index contributed by atoms with van der Waals surface area (Å²) in [5, 5.41) is 42.4. The fourth-order valence-electron chi connectivity index (χ4n) is 5.28. The summed E-state index contributed by atoms with van der Waals surface area (Å²) < 4.78 is 5.85. The molecule has 2 aliphatic rings. The van der Waals surface area contributed by atoms with Crippen LogP contribution >= 0.6 is 0 Å². The zero-order valence-electron chi connectivity index (χ0n) is 17.1. The van der Waals surface area contributed by atoms with Gasteiger partial charge >= 0.3 is 5.97 Å². The van der Waals surface area contributed by atoms with Gasteiger partial charge in [0.25, 0.3) is 0 Å². The average molecular weight is 392 g/mol. The number of esters is 1. The molecule has 0 amide bonds. The van der Waals surface area contributed by atoms with Gasteiger partial charge in [0.1, 0.15) is 11.9 Å². The van der Waals surface area contributed by atoms with Gasteiger partial charge in [0, 0.05) is 12.3 Å². The Hall–Kier alpha value is -1.63. The van der Waals surface area contributed by atoms with Crippen molar-refractivity contribution >= 4 is 5.97 Å². The first-order chi connectivity index (χ1) is 12.9. The third-order valence-electron chi connectivity index (χ3n) is 7.11. The lowest BCUT2D eigenvalue weighted by Crippen LogP contribution is -2.51. The monoisotopic (exact) mass is 392 g/mol. The van der Waals surface area contributed by atoms with Crippen LogP contribution in [0.5, 0.6) is 5.75 Å². The molecule has 6 atom stereocenters. The van der Waals surface area contributed by atoms with Crippen LogP contribution in [0, 0.1) is 17.3 Å². The molecule has 0 saturated heterocycles. The molecule has 0 spiro atoms. The lowest BCUT2D eigenvalue weighted by molar-refractivity contribution is -0.121. The summed E-state index contributed by atoms with van der Waals surface area (Å²) in [5.41, 5.74) is -2.64. The molecule has 1 aromatic rings. The Morgan fingerprint density at radius 2 is 1.71 bits per heavy atom. The van der Waals surface area contributed by atoms with E-state index in [0.29, 0.717) is 19.3 Å². The maximum absolute atomic E-state index is 12.8. The number of fused-ring (bicyclic) bond motifs is 1. The summed E-state index contributed by atoms with van der Waals surface area (Å²) in [5.74, 6) is -0.980. The Labute approximate surface area is 166 Å². The van der Waals surface area contributed by atoms with E-state index in [9.17, 15) is 25.2 Å². The summed E-state index contributed by atoms with van der Waals surface area (Å²) in [4.78, 5) is 12.8. The van der Waals surface area contributed by atoms with Gasteiger partial charge < -0.3 is 25.2 Å². The van der Waals surface area contributed by atoms with E-state index in [1.54, 1.807) is 6.92 Å². The number of phenols is 1. The summed E-state index contributed by atoms with van der Waals surface area (Å²) in [6.07, 6.45) is -0.0683. The van der Waals surface area contributed by atoms with Gasteiger partial charge in [-0.05, 0) is 61.8 Å². The van der Waals surface area contributed by atoms with Crippen molar-refractivity contribution in [2.45, 2.75) is 76.8 Å².